The molecule has 4 heteroatoms. The van der Waals surface area contributed by atoms with Crippen molar-refractivity contribution in [3.8, 4) is 22.6 Å². The molecule has 0 saturated heterocycles. The van der Waals surface area contributed by atoms with E-state index < -0.39 is 0 Å². The van der Waals surface area contributed by atoms with Gasteiger partial charge in [0.05, 0.1) is 0 Å². The largest absolute Gasteiger partial charge is 0.488 e. The number of carbonyl (C=O) groups excluding carboxylic acids is 2. The Labute approximate surface area is 232 Å². The van der Waals surface area contributed by atoms with Crippen molar-refractivity contribution in [2.24, 2.45) is 0 Å². The smallest absolute Gasteiger partial charge is 0.150 e. The first-order valence-corrected chi connectivity index (χ1v) is 13.1. The Morgan fingerprint density at radius 3 is 1.25 bits per heavy atom. The fraction of sp³-hybridized carbons (Fsp3) is 0.0556. The summed E-state index contributed by atoms with van der Waals surface area (Å²) in [7, 11) is 0. The van der Waals surface area contributed by atoms with Crippen molar-refractivity contribution >= 4 is 34.1 Å². The molecule has 6 aromatic carbocycles. The second-order valence-electron chi connectivity index (χ2n) is 9.62. The average Bonchev–Trinajstić information content (AvgIpc) is 3.03. The molecule has 6 aromatic rings. The first-order chi connectivity index (χ1) is 19.7. The molecule has 0 N–H and O–H groups in total. The van der Waals surface area contributed by atoms with E-state index in [1.54, 1.807) is 24.3 Å². The molecule has 0 aliphatic carbocycles. The molecule has 0 aromatic heterocycles. The SMILES string of the molecule is O=Cc1ccc(COc2ccc3ccccc3c2-c2c(OCc3ccc(C=O)cc3)ccc3ccccc23)cc1. The molecular weight excluding hydrogens is 496 g/mol. The van der Waals surface area contributed by atoms with Gasteiger partial charge in [0.15, 0.2) is 0 Å². The van der Waals surface area contributed by atoms with Crippen molar-refractivity contribution in [2.45, 2.75) is 13.2 Å². The number of fused-ring (bicyclic) bond motifs is 2. The fourth-order valence-corrected chi connectivity index (χ4v) is 4.97. The Hall–Kier alpha value is -5.22. The zero-order valence-electron chi connectivity index (χ0n) is 21.7. The molecular formula is C36H26O4. The average molecular weight is 523 g/mol. The minimum absolute atomic E-state index is 0.356. The van der Waals surface area contributed by atoms with Gasteiger partial charge in [0.25, 0.3) is 0 Å². The third kappa shape index (κ3) is 5.07. The lowest BCUT2D eigenvalue weighted by Gasteiger charge is -2.20. The highest BCUT2D eigenvalue weighted by Crippen LogP contribution is 2.45. The van der Waals surface area contributed by atoms with Crippen LogP contribution >= 0.6 is 0 Å². The van der Waals surface area contributed by atoms with Crippen LogP contribution in [-0.2, 0) is 13.2 Å². The zero-order chi connectivity index (χ0) is 27.3. The summed E-state index contributed by atoms with van der Waals surface area (Å²) in [4.78, 5) is 22.2. The van der Waals surface area contributed by atoms with Gasteiger partial charge >= 0.3 is 0 Å². The summed E-state index contributed by atoms with van der Waals surface area (Å²) >= 11 is 0. The van der Waals surface area contributed by atoms with Gasteiger partial charge < -0.3 is 9.47 Å². The predicted octanol–water partition coefficient (Wildman–Crippen LogP) is 8.44. The van der Waals surface area contributed by atoms with E-state index in [2.05, 4.69) is 36.4 Å². The van der Waals surface area contributed by atoms with Crippen LogP contribution < -0.4 is 9.47 Å². The van der Waals surface area contributed by atoms with Crippen molar-refractivity contribution in [2.75, 3.05) is 0 Å². The first kappa shape index (κ1) is 25.1. The summed E-state index contributed by atoms with van der Waals surface area (Å²) in [6.07, 6.45) is 1.68. The van der Waals surface area contributed by atoms with E-state index in [0.29, 0.717) is 24.3 Å². The monoisotopic (exact) mass is 522 g/mol. The van der Waals surface area contributed by atoms with E-state index >= 15 is 0 Å². The van der Waals surface area contributed by atoms with Crippen molar-refractivity contribution in [3.05, 3.63) is 144 Å². The molecule has 0 bridgehead atoms. The highest BCUT2D eigenvalue weighted by molar-refractivity contribution is 6.09. The summed E-state index contributed by atoms with van der Waals surface area (Å²) < 4.78 is 12.9. The molecule has 194 valence electrons. The number of benzene rings is 6. The van der Waals surface area contributed by atoms with Crippen LogP contribution in [0.2, 0.25) is 0 Å². The van der Waals surface area contributed by atoms with E-state index in [4.69, 9.17) is 9.47 Å². The third-order valence-electron chi connectivity index (χ3n) is 7.05. The summed E-state index contributed by atoms with van der Waals surface area (Å²) in [5.41, 5.74) is 5.13. The maximum absolute atomic E-state index is 11.1. The van der Waals surface area contributed by atoms with E-state index in [1.165, 1.54) is 0 Å². The van der Waals surface area contributed by atoms with Crippen molar-refractivity contribution in [1.29, 1.82) is 0 Å². The fourth-order valence-electron chi connectivity index (χ4n) is 4.97. The molecule has 0 saturated carbocycles. The van der Waals surface area contributed by atoms with Gasteiger partial charge in [-0.2, -0.15) is 0 Å². The van der Waals surface area contributed by atoms with Crippen molar-refractivity contribution in [3.63, 3.8) is 0 Å². The number of hydrogen-bond donors (Lipinski definition) is 0. The predicted molar refractivity (Wildman–Crippen MR) is 159 cm³/mol. The molecule has 0 unspecified atom stereocenters. The number of ether oxygens (including phenoxy) is 2. The van der Waals surface area contributed by atoms with E-state index in [0.717, 1.165) is 67.9 Å². The summed E-state index contributed by atoms with van der Waals surface area (Å²) in [6, 6.07) is 39.6. The van der Waals surface area contributed by atoms with Gasteiger partial charge in [-0.15, -0.1) is 0 Å². The van der Waals surface area contributed by atoms with Crippen LogP contribution in [0.25, 0.3) is 32.7 Å². The Morgan fingerprint density at radius 1 is 0.450 bits per heavy atom. The van der Waals surface area contributed by atoms with Crippen LogP contribution in [0.4, 0.5) is 0 Å². The Morgan fingerprint density at radius 2 is 0.850 bits per heavy atom. The summed E-state index contributed by atoms with van der Waals surface area (Å²) in [5.74, 6) is 1.49. The van der Waals surface area contributed by atoms with Crippen LogP contribution in [0.5, 0.6) is 11.5 Å². The lowest BCUT2D eigenvalue weighted by Crippen LogP contribution is -2.01. The molecule has 4 nitrogen and oxygen atoms in total. The molecule has 40 heavy (non-hydrogen) atoms. The molecule has 0 fully saturated rings. The maximum Gasteiger partial charge on any atom is 0.150 e. The molecule has 0 aliphatic heterocycles. The third-order valence-corrected chi connectivity index (χ3v) is 7.05. The van der Waals surface area contributed by atoms with Crippen molar-refractivity contribution in [1.82, 2.24) is 0 Å². The van der Waals surface area contributed by atoms with Gasteiger partial charge in [-0.25, -0.2) is 0 Å². The van der Waals surface area contributed by atoms with Gasteiger partial charge in [0, 0.05) is 22.3 Å². The summed E-state index contributed by atoms with van der Waals surface area (Å²) in [5, 5.41) is 4.33. The highest BCUT2D eigenvalue weighted by atomic mass is 16.5. The molecule has 0 radical (unpaired) electrons. The molecule has 0 heterocycles. The van der Waals surface area contributed by atoms with Gasteiger partial charge in [-0.05, 0) is 44.8 Å². The first-order valence-electron chi connectivity index (χ1n) is 13.1. The van der Waals surface area contributed by atoms with Crippen LogP contribution in [0.3, 0.4) is 0 Å². The second-order valence-corrected chi connectivity index (χ2v) is 9.62. The molecule has 0 spiro atoms. The topological polar surface area (TPSA) is 52.6 Å². The Balaban J connectivity index is 1.47. The maximum atomic E-state index is 11.1. The van der Waals surface area contributed by atoms with Gasteiger partial charge in [-0.3, -0.25) is 9.59 Å². The number of aldehydes is 2. The minimum atomic E-state index is 0.356. The van der Waals surface area contributed by atoms with Crippen molar-refractivity contribution < 1.29 is 19.1 Å². The van der Waals surface area contributed by atoms with E-state index in [9.17, 15) is 9.59 Å². The van der Waals surface area contributed by atoms with Crippen LogP contribution in [-0.4, -0.2) is 12.6 Å². The minimum Gasteiger partial charge on any atom is -0.488 e. The Kier molecular flexibility index (Phi) is 7.06. The zero-order valence-corrected chi connectivity index (χ0v) is 21.7. The van der Waals surface area contributed by atoms with E-state index in [-0.39, 0.29) is 0 Å². The number of rotatable bonds is 9. The van der Waals surface area contributed by atoms with Crippen LogP contribution in [0.15, 0.2) is 121 Å². The van der Waals surface area contributed by atoms with Gasteiger partial charge in [0.1, 0.15) is 37.3 Å². The lowest BCUT2D eigenvalue weighted by atomic mass is 9.92. The highest BCUT2D eigenvalue weighted by Gasteiger charge is 2.19. The molecule has 0 amide bonds. The van der Waals surface area contributed by atoms with Crippen LogP contribution in [0.1, 0.15) is 31.8 Å². The van der Waals surface area contributed by atoms with Crippen LogP contribution in [0, 0.1) is 0 Å². The van der Waals surface area contributed by atoms with Gasteiger partial charge in [0.2, 0.25) is 0 Å². The molecule has 6 rings (SSSR count). The molecule has 0 atom stereocenters. The normalized spacial score (nSPS) is 10.9. The number of hydrogen-bond acceptors (Lipinski definition) is 4. The van der Waals surface area contributed by atoms with E-state index in [1.807, 2.05) is 60.7 Å². The number of carbonyl (C=O) groups is 2. The summed E-state index contributed by atoms with van der Waals surface area (Å²) in [6.45, 7) is 0.711. The standard InChI is InChI=1S/C36H26O4/c37-21-25-9-13-27(14-10-25)23-39-33-19-17-29-5-1-3-7-31(29)35(33)36-32-8-4-2-6-30(32)18-20-34(36)40-24-28-15-11-26(22-38)12-16-28/h1-22H,23-24H2. The molecule has 0 aliphatic rings. The quantitative estimate of drug-likeness (QED) is 0.179. The Bertz CT molecular complexity index is 1680. The van der Waals surface area contributed by atoms with Gasteiger partial charge in [-0.1, -0.05) is 109 Å². The second kappa shape index (κ2) is 11.3. The lowest BCUT2D eigenvalue weighted by molar-refractivity contribution is 0.111.